The van der Waals surface area contributed by atoms with Crippen LogP contribution in [0.1, 0.15) is 122 Å². The van der Waals surface area contributed by atoms with Gasteiger partial charge in [-0.3, -0.25) is 4.21 Å². The van der Waals surface area contributed by atoms with Gasteiger partial charge in [-0.2, -0.15) is 22.0 Å². The van der Waals surface area contributed by atoms with Crippen molar-refractivity contribution in [1.29, 1.82) is 1.43 Å². The van der Waals surface area contributed by atoms with Crippen molar-refractivity contribution in [2.24, 2.45) is 23.2 Å². The van der Waals surface area contributed by atoms with E-state index in [4.69, 9.17) is 14.8 Å². The maximum absolute atomic E-state index is 13.3. The van der Waals surface area contributed by atoms with Crippen LogP contribution in [0, 0.1) is 23.2 Å². The van der Waals surface area contributed by atoms with Crippen molar-refractivity contribution in [3.63, 3.8) is 0 Å². The minimum absolute atomic E-state index is 0.0216. The summed E-state index contributed by atoms with van der Waals surface area (Å²) in [6.45, 7) is 2.23. The molecule has 7 atom stereocenters. The molecule has 3 aliphatic carbocycles. The fraction of sp³-hybridized carbons (Fsp3) is 0.812. The van der Waals surface area contributed by atoms with Gasteiger partial charge >= 0.3 is 12.1 Å². The van der Waals surface area contributed by atoms with E-state index in [1.165, 1.54) is 0 Å². The Morgan fingerprint density at radius 3 is 2.44 bits per heavy atom. The highest BCUT2D eigenvalue weighted by Crippen LogP contribution is 2.62. The number of unbranched alkanes of at least 4 members (excludes halogenated alkanes) is 5. The predicted molar refractivity (Wildman–Crippen MR) is 153 cm³/mol. The summed E-state index contributed by atoms with van der Waals surface area (Å²) in [7, 11) is -2.94. The summed E-state index contributed by atoms with van der Waals surface area (Å²) in [5, 5.41) is 15.6. The number of halogens is 5. The lowest BCUT2D eigenvalue weighted by molar-refractivity contribution is -0.284. The molecule has 1 aromatic rings. The maximum Gasteiger partial charge on any atom is 0.453 e. The molecule has 0 spiro atoms. The van der Waals surface area contributed by atoms with Gasteiger partial charge in [-0.15, -0.1) is 0 Å². The van der Waals surface area contributed by atoms with Gasteiger partial charge in [0.2, 0.25) is 1.43 Å². The van der Waals surface area contributed by atoms with Gasteiger partial charge in [-0.05, 0) is 104 Å². The largest absolute Gasteiger partial charge is 0.508 e. The molecule has 0 aliphatic heterocycles. The van der Waals surface area contributed by atoms with Crippen LogP contribution in [0.15, 0.2) is 18.2 Å². The molecular weight excluding hydrogens is 559 g/mol. The molecule has 234 valence electrons. The lowest BCUT2D eigenvalue weighted by Crippen LogP contribution is -2.47. The van der Waals surface area contributed by atoms with Crippen LogP contribution in [0.4, 0.5) is 22.0 Å². The average Bonchev–Trinajstić information content (AvgIpc) is 3.35. The van der Waals surface area contributed by atoms with E-state index >= 15 is 0 Å². The van der Waals surface area contributed by atoms with Crippen molar-refractivity contribution in [2.75, 3.05) is 11.4 Å². The summed E-state index contributed by atoms with van der Waals surface area (Å²) >= 11 is 0. The zero-order valence-electron chi connectivity index (χ0n) is 30.6. The quantitative estimate of drug-likeness (QED) is 0.154. The summed E-state index contributed by atoms with van der Waals surface area (Å²) in [5.41, 5.74) is -3.91. The summed E-state index contributed by atoms with van der Waals surface area (Å²) < 4.78 is 132. The molecule has 4 rings (SSSR count). The second-order valence-corrected chi connectivity index (χ2v) is 13.6. The summed E-state index contributed by atoms with van der Waals surface area (Å²) in [4.78, 5) is 0. The minimum atomic E-state index is -5.87. The monoisotopic (exact) mass is 613 g/mol. The SMILES string of the molecule is [2H]O[C@H]1CC[C@H]2C3C(CC[C@]12C)c1cc([2H])c(O)c([2H])c1C[C@H]3CCCCCCCCC([2H])([2H])S(=O)C([2H])([2H])CCC(F)(F)C(F)(F)F. The van der Waals surface area contributed by atoms with Crippen LogP contribution in [0.25, 0.3) is 0 Å². The van der Waals surface area contributed by atoms with Crippen LogP contribution in [0.2, 0.25) is 0 Å². The van der Waals surface area contributed by atoms with Crippen molar-refractivity contribution in [2.45, 2.75) is 127 Å². The lowest BCUT2D eigenvalue weighted by atomic mass is 9.52. The van der Waals surface area contributed by atoms with Gasteiger partial charge in [0.15, 0.2) is 0 Å². The summed E-state index contributed by atoms with van der Waals surface area (Å²) in [6.07, 6.45) is -0.307. The molecule has 3 aliphatic rings. The van der Waals surface area contributed by atoms with E-state index in [1.807, 2.05) is 0 Å². The first-order chi connectivity index (χ1) is 22.2. The topological polar surface area (TPSA) is 57.5 Å². The van der Waals surface area contributed by atoms with Gasteiger partial charge in [0.05, 0.1) is 8.85 Å². The third kappa shape index (κ3) is 7.66. The Morgan fingerprint density at radius 1 is 1.05 bits per heavy atom. The molecule has 0 saturated heterocycles. The van der Waals surface area contributed by atoms with Crippen LogP contribution < -0.4 is 0 Å². The number of fused-ring (bicyclic) bond motifs is 5. The van der Waals surface area contributed by atoms with E-state index in [1.54, 1.807) is 6.07 Å². The van der Waals surface area contributed by atoms with E-state index in [0.29, 0.717) is 24.7 Å². The molecule has 0 aromatic heterocycles. The number of phenols is 1. The second kappa shape index (κ2) is 13.6. The first kappa shape index (κ1) is 24.1. The number of hydrogen-bond acceptors (Lipinski definition) is 3. The second-order valence-electron chi connectivity index (χ2n) is 12.5. The number of aromatic hydroxyl groups is 1. The van der Waals surface area contributed by atoms with Crippen molar-refractivity contribution in [1.82, 2.24) is 0 Å². The van der Waals surface area contributed by atoms with E-state index in [9.17, 15) is 31.3 Å². The first-order valence-corrected chi connectivity index (χ1v) is 16.1. The number of rotatable bonds is 15. The maximum atomic E-state index is 13.3. The highest BCUT2D eigenvalue weighted by Gasteiger charge is 2.57. The van der Waals surface area contributed by atoms with Crippen LogP contribution in [-0.4, -0.2) is 45.5 Å². The van der Waals surface area contributed by atoms with Crippen molar-refractivity contribution in [3.05, 3.63) is 29.3 Å². The molecule has 2 fully saturated rings. The Hall–Kier alpha value is -1.22. The normalized spacial score (nSPS) is 33.6. The number of aliphatic hydroxyl groups is 1. The zero-order chi connectivity index (χ0) is 35.9. The molecule has 0 amide bonds. The van der Waals surface area contributed by atoms with Crippen molar-refractivity contribution >= 4 is 10.8 Å². The van der Waals surface area contributed by atoms with Gasteiger partial charge in [0, 0.05) is 34.1 Å². The average molecular weight is 614 g/mol. The molecule has 2 N–H and O–H groups in total. The Kier molecular flexibility index (Phi) is 8.01. The molecule has 0 heterocycles. The van der Waals surface area contributed by atoms with Gasteiger partial charge < -0.3 is 10.2 Å². The molecule has 3 unspecified atom stereocenters. The van der Waals surface area contributed by atoms with Gasteiger partial charge in [0.25, 0.3) is 0 Å². The van der Waals surface area contributed by atoms with Crippen LogP contribution >= 0.6 is 0 Å². The Labute approximate surface area is 254 Å². The van der Waals surface area contributed by atoms with Gasteiger partial charge in [-0.1, -0.05) is 51.5 Å². The smallest absolute Gasteiger partial charge is 0.453 e. The molecular formula is C32H47F5O3S. The molecule has 2 saturated carbocycles. The lowest BCUT2D eigenvalue weighted by Gasteiger charge is -2.53. The Bertz CT molecular complexity index is 1320. The van der Waals surface area contributed by atoms with E-state index in [0.717, 1.165) is 68.9 Å². The molecule has 41 heavy (non-hydrogen) atoms. The molecule has 1 aromatic carbocycles. The minimum Gasteiger partial charge on any atom is -0.508 e. The first-order valence-electron chi connectivity index (χ1n) is 18.4. The number of benzene rings is 1. The van der Waals surface area contributed by atoms with Crippen LogP contribution in [0.3, 0.4) is 0 Å². The van der Waals surface area contributed by atoms with Crippen LogP contribution in [-0.2, 0) is 17.2 Å². The summed E-state index contributed by atoms with van der Waals surface area (Å²) in [5.74, 6) is -4.32. The fourth-order valence-corrected chi connectivity index (χ4v) is 8.46. The van der Waals surface area contributed by atoms with Crippen molar-refractivity contribution in [3.8, 4) is 5.75 Å². The molecule has 9 heteroatoms. The van der Waals surface area contributed by atoms with E-state index < -0.39 is 47.1 Å². The highest BCUT2D eigenvalue weighted by molar-refractivity contribution is 7.84. The van der Waals surface area contributed by atoms with E-state index in [2.05, 4.69) is 6.92 Å². The third-order valence-electron chi connectivity index (χ3n) is 9.96. The Balaban J connectivity index is 1.28. The summed E-state index contributed by atoms with van der Waals surface area (Å²) in [6, 6.07) is 1.76. The molecule has 0 bridgehead atoms. The third-order valence-corrected chi connectivity index (χ3v) is 10.9. The number of hydrogen-bond donors (Lipinski definition) is 2. The zero-order valence-corrected chi connectivity index (χ0v) is 24.4. The predicted octanol–water partition coefficient (Wildman–Crippen LogP) is 8.68. The fourth-order valence-electron chi connectivity index (χ4n) is 7.74. The number of aliphatic hydroxyl groups excluding tert-OH is 1. The van der Waals surface area contributed by atoms with Gasteiger partial charge in [0.1, 0.15) is 5.75 Å². The number of alkyl halides is 5. The van der Waals surface area contributed by atoms with Crippen molar-refractivity contribution < 1.29 is 44.6 Å². The van der Waals surface area contributed by atoms with Gasteiger partial charge in [-0.25, -0.2) is 0 Å². The van der Waals surface area contributed by atoms with E-state index in [-0.39, 0.29) is 54.0 Å². The Morgan fingerprint density at radius 2 is 1.73 bits per heavy atom. The number of phenolic OH excluding ortho intramolecular Hbond substituents is 1. The molecule has 0 radical (unpaired) electrons. The van der Waals surface area contributed by atoms with Crippen LogP contribution in [0.5, 0.6) is 5.75 Å². The standard InChI is InChI=1S/C32H47F5O3S/c1-30-17-15-26-25-12-11-24(38)21-23(25)20-22(29(26)27(30)13-14-28(30)39)10-7-5-3-2-4-6-8-18-41(40)19-9-16-31(33,34)32(35,36)37/h11-12,21-22,26-29,38-39H,2-10,13-20H2,1H3/t22-,26?,27+,28+,29?,30+,41?/m1/s1/i11D,18D2,19D2,21D,39D. The molecule has 3 nitrogen and oxygen atoms in total. The highest BCUT2D eigenvalue weighted by atomic mass is 32.2.